The van der Waals surface area contributed by atoms with Crippen LogP contribution in [0.25, 0.3) is 0 Å². The molecular formula is C8H15CeO2+2. The molecule has 0 aromatic carbocycles. The average molecular weight is 283 g/mol. The second-order valence-corrected chi connectivity index (χ2v) is 2.57. The van der Waals surface area contributed by atoms with E-state index in [1.807, 2.05) is 6.92 Å². The van der Waals surface area contributed by atoms with Crippen molar-refractivity contribution in [3.05, 3.63) is 0 Å². The van der Waals surface area contributed by atoms with Gasteiger partial charge in [0.15, 0.2) is 0 Å². The van der Waals surface area contributed by atoms with Crippen LogP contribution in [-0.4, -0.2) is 5.97 Å². The first-order valence-corrected chi connectivity index (χ1v) is 3.93. The number of carboxylic acids is 1. The fourth-order valence-corrected chi connectivity index (χ4v) is 0.939. The van der Waals surface area contributed by atoms with Crippen molar-refractivity contribution in [2.75, 3.05) is 0 Å². The molecule has 0 aliphatic rings. The van der Waals surface area contributed by atoms with E-state index in [9.17, 15) is 9.90 Å². The summed E-state index contributed by atoms with van der Waals surface area (Å²) >= 11 is 0. The van der Waals surface area contributed by atoms with Crippen molar-refractivity contribution in [1.82, 2.24) is 0 Å². The summed E-state index contributed by atoms with van der Waals surface area (Å²) in [6.07, 6.45) is 3.52. The van der Waals surface area contributed by atoms with E-state index in [4.69, 9.17) is 0 Å². The second-order valence-electron chi connectivity index (χ2n) is 2.57. The number of carbonyl (C=O) groups is 1. The van der Waals surface area contributed by atoms with Gasteiger partial charge in [-0.1, -0.05) is 26.7 Å². The minimum atomic E-state index is -0.893. The summed E-state index contributed by atoms with van der Waals surface area (Å²) in [5.74, 6) is -1.11. The molecule has 0 aromatic rings. The largest absolute Gasteiger partial charge is 3.00 e. The molecule has 0 heterocycles. The molecule has 0 bridgehead atoms. The quantitative estimate of drug-likeness (QED) is 0.754. The van der Waals surface area contributed by atoms with Gasteiger partial charge in [0, 0.05) is 5.97 Å². The summed E-state index contributed by atoms with van der Waals surface area (Å²) in [4.78, 5) is 10.3. The molecule has 0 aliphatic heterocycles. The van der Waals surface area contributed by atoms with Gasteiger partial charge in [-0.2, -0.15) is 0 Å². The van der Waals surface area contributed by atoms with Crippen LogP contribution in [0.1, 0.15) is 39.5 Å². The van der Waals surface area contributed by atoms with E-state index >= 15 is 0 Å². The number of unbranched alkanes of at least 4 members (excludes halogenated alkanes) is 1. The molecule has 11 heavy (non-hydrogen) atoms. The Kier molecular flexibility index (Phi) is 11.7. The molecule has 0 saturated carbocycles. The van der Waals surface area contributed by atoms with E-state index in [1.54, 1.807) is 0 Å². The molecule has 61 valence electrons. The summed E-state index contributed by atoms with van der Waals surface area (Å²) < 4.78 is 0. The second kappa shape index (κ2) is 8.94. The first-order valence-electron chi connectivity index (χ1n) is 3.93. The molecule has 1 atom stereocenters. The third-order valence-electron chi connectivity index (χ3n) is 1.73. The number of hydrogen-bond donors (Lipinski definition) is 0. The number of hydrogen-bond acceptors (Lipinski definition) is 2. The zero-order chi connectivity index (χ0) is 7.98. The molecule has 1 radical (unpaired) electrons. The third kappa shape index (κ3) is 7.22. The topological polar surface area (TPSA) is 40.1 Å². The molecule has 0 amide bonds. The van der Waals surface area contributed by atoms with Crippen LogP contribution in [-0.2, 0) is 4.79 Å². The smallest absolute Gasteiger partial charge is 0.550 e. The van der Waals surface area contributed by atoms with Crippen LogP contribution in [0.15, 0.2) is 0 Å². The van der Waals surface area contributed by atoms with Crippen molar-refractivity contribution in [2.45, 2.75) is 39.5 Å². The van der Waals surface area contributed by atoms with Crippen molar-refractivity contribution in [3.63, 3.8) is 0 Å². The van der Waals surface area contributed by atoms with E-state index in [2.05, 4.69) is 6.92 Å². The molecule has 3 heteroatoms. The van der Waals surface area contributed by atoms with Crippen LogP contribution in [0.4, 0.5) is 0 Å². The van der Waals surface area contributed by atoms with Crippen molar-refractivity contribution in [1.29, 1.82) is 0 Å². The van der Waals surface area contributed by atoms with Crippen LogP contribution in [0, 0.1) is 47.7 Å². The van der Waals surface area contributed by atoms with Crippen LogP contribution in [0.3, 0.4) is 0 Å². The third-order valence-corrected chi connectivity index (χ3v) is 1.73. The van der Waals surface area contributed by atoms with Gasteiger partial charge in [0.25, 0.3) is 0 Å². The Morgan fingerprint density at radius 2 is 2.00 bits per heavy atom. The molecule has 0 saturated heterocycles. The maximum atomic E-state index is 10.3. The Morgan fingerprint density at radius 3 is 2.27 bits per heavy atom. The Balaban J connectivity index is 0. The van der Waals surface area contributed by atoms with E-state index in [-0.39, 0.29) is 47.7 Å². The van der Waals surface area contributed by atoms with Gasteiger partial charge < -0.3 is 9.90 Å². The molecule has 1 unspecified atom stereocenters. The van der Waals surface area contributed by atoms with Crippen molar-refractivity contribution in [2.24, 2.45) is 5.92 Å². The maximum absolute atomic E-state index is 10.3. The van der Waals surface area contributed by atoms with Gasteiger partial charge in [0.2, 0.25) is 0 Å². The fourth-order valence-electron chi connectivity index (χ4n) is 0.939. The van der Waals surface area contributed by atoms with E-state index in [0.717, 1.165) is 19.3 Å². The van der Waals surface area contributed by atoms with E-state index in [1.165, 1.54) is 0 Å². The number of aliphatic carboxylic acids is 1. The summed E-state index contributed by atoms with van der Waals surface area (Å²) in [6.45, 7) is 3.94. The zero-order valence-corrected chi connectivity index (χ0v) is 10.4. The van der Waals surface area contributed by atoms with Crippen molar-refractivity contribution >= 4 is 5.97 Å². The number of rotatable bonds is 5. The van der Waals surface area contributed by atoms with E-state index < -0.39 is 5.97 Å². The molecule has 0 N–H and O–H groups in total. The van der Waals surface area contributed by atoms with Gasteiger partial charge in [0.1, 0.15) is 0 Å². The molecule has 0 spiro atoms. The SMILES string of the molecule is CCCCC(CC)C(=O)[O-].[Ce+3]. The Labute approximate surface area is 102 Å². The summed E-state index contributed by atoms with van der Waals surface area (Å²) in [6, 6.07) is 0. The number of carbonyl (C=O) groups excluding carboxylic acids is 1. The Hall–Kier alpha value is 0.847. The molecule has 0 fully saturated rings. The average Bonchev–Trinajstić information content (AvgIpc) is 1.89. The zero-order valence-electron chi connectivity index (χ0n) is 7.22. The van der Waals surface area contributed by atoms with Gasteiger partial charge in [-0.25, -0.2) is 0 Å². The molecule has 2 nitrogen and oxygen atoms in total. The van der Waals surface area contributed by atoms with Gasteiger partial charge in [-0.3, -0.25) is 0 Å². The predicted molar refractivity (Wildman–Crippen MR) is 38.3 cm³/mol. The van der Waals surface area contributed by atoms with Crippen molar-refractivity contribution < 1.29 is 51.6 Å². The standard InChI is InChI=1S/C8H16O2.Ce/c1-3-5-6-7(4-2)8(9)10;/h7H,3-6H2,1-2H3,(H,9,10);/q;+3/p-1. The van der Waals surface area contributed by atoms with Crippen molar-refractivity contribution in [3.8, 4) is 0 Å². The van der Waals surface area contributed by atoms with Crippen LogP contribution >= 0.6 is 0 Å². The van der Waals surface area contributed by atoms with Gasteiger partial charge in [-0.15, -0.1) is 0 Å². The fraction of sp³-hybridized carbons (Fsp3) is 0.875. The van der Waals surface area contributed by atoms with Gasteiger partial charge in [-0.05, 0) is 18.8 Å². The Morgan fingerprint density at radius 1 is 1.45 bits per heavy atom. The van der Waals surface area contributed by atoms with E-state index in [0.29, 0.717) is 6.42 Å². The monoisotopic (exact) mass is 283 g/mol. The minimum absolute atomic E-state index is 0. The summed E-state index contributed by atoms with van der Waals surface area (Å²) in [5, 5.41) is 10.3. The first-order chi connectivity index (χ1) is 4.72. The maximum Gasteiger partial charge on any atom is 3.00 e. The molecule has 0 aliphatic carbocycles. The van der Waals surface area contributed by atoms with Gasteiger partial charge >= 0.3 is 41.7 Å². The predicted octanol–water partition coefficient (Wildman–Crippen LogP) is 0.953. The summed E-state index contributed by atoms with van der Waals surface area (Å²) in [7, 11) is 0. The van der Waals surface area contributed by atoms with Crippen LogP contribution in [0.2, 0.25) is 0 Å². The first kappa shape index (κ1) is 14.4. The number of carboxylic acid groups (broad SMARTS) is 1. The summed E-state index contributed by atoms with van der Waals surface area (Å²) in [5.41, 5.74) is 0. The van der Waals surface area contributed by atoms with Crippen LogP contribution < -0.4 is 5.11 Å². The van der Waals surface area contributed by atoms with Crippen LogP contribution in [0.5, 0.6) is 0 Å². The normalized spacial score (nSPS) is 11.8. The molecular weight excluding hydrogens is 268 g/mol. The van der Waals surface area contributed by atoms with Gasteiger partial charge in [0.05, 0.1) is 0 Å². The Bertz CT molecular complexity index is 104. The molecule has 0 aromatic heterocycles. The minimum Gasteiger partial charge on any atom is -0.550 e. The molecule has 0 rings (SSSR count).